The minimum Gasteiger partial charge on any atom is -0.383 e. The largest absolute Gasteiger partial charge is 0.383 e. The Bertz CT molecular complexity index is 744. The Hall–Kier alpha value is -2.66. The topological polar surface area (TPSA) is 78.4 Å². The van der Waals surface area contributed by atoms with Crippen LogP contribution in [0.5, 0.6) is 0 Å². The van der Waals surface area contributed by atoms with Gasteiger partial charge in [-0.05, 0) is 36.3 Å². The van der Waals surface area contributed by atoms with E-state index in [4.69, 9.17) is 0 Å². The summed E-state index contributed by atoms with van der Waals surface area (Å²) >= 11 is 0. The van der Waals surface area contributed by atoms with Gasteiger partial charge in [-0.1, -0.05) is 60.7 Å². The summed E-state index contributed by atoms with van der Waals surface area (Å²) in [4.78, 5) is 24.0. The van der Waals surface area contributed by atoms with E-state index < -0.39 is 17.4 Å². The van der Waals surface area contributed by atoms with Crippen LogP contribution in [0.3, 0.4) is 0 Å². The van der Waals surface area contributed by atoms with Crippen LogP contribution in [0.2, 0.25) is 0 Å². The van der Waals surface area contributed by atoms with Crippen LogP contribution in [0.1, 0.15) is 24.0 Å². The van der Waals surface area contributed by atoms with Crippen molar-refractivity contribution < 1.29 is 14.7 Å². The van der Waals surface area contributed by atoms with E-state index in [0.717, 1.165) is 24.0 Å². The molecule has 1 atom stereocenters. The normalized spacial score (nSPS) is 15.7. The molecule has 0 radical (unpaired) electrons. The van der Waals surface area contributed by atoms with E-state index in [1.54, 1.807) is 0 Å². The highest BCUT2D eigenvalue weighted by atomic mass is 16.3. The SMILES string of the molecule is O=C(NCCc1ccccc1)C(=O)NCC(O)(c1ccccc1)C1CC1. The van der Waals surface area contributed by atoms with Gasteiger partial charge < -0.3 is 15.7 Å². The maximum absolute atomic E-state index is 12.1. The first-order valence-electron chi connectivity index (χ1n) is 8.97. The van der Waals surface area contributed by atoms with Gasteiger partial charge in [-0.2, -0.15) is 0 Å². The maximum Gasteiger partial charge on any atom is 0.309 e. The van der Waals surface area contributed by atoms with Crippen LogP contribution in [0, 0.1) is 5.92 Å². The van der Waals surface area contributed by atoms with Crippen LogP contribution in [-0.4, -0.2) is 30.0 Å². The Morgan fingerprint density at radius 2 is 1.50 bits per heavy atom. The second kappa shape index (κ2) is 8.15. The van der Waals surface area contributed by atoms with E-state index in [1.165, 1.54) is 0 Å². The quantitative estimate of drug-likeness (QED) is 0.665. The number of benzene rings is 2. The monoisotopic (exact) mass is 352 g/mol. The average molecular weight is 352 g/mol. The number of hydrogen-bond donors (Lipinski definition) is 3. The van der Waals surface area contributed by atoms with Crippen molar-refractivity contribution in [3.8, 4) is 0 Å². The minimum atomic E-state index is -1.12. The Kier molecular flexibility index (Phi) is 5.68. The molecule has 0 spiro atoms. The molecule has 0 saturated heterocycles. The molecule has 1 saturated carbocycles. The predicted octanol–water partition coefficient (Wildman–Crippen LogP) is 1.76. The fourth-order valence-electron chi connectivity index (χ4n) is 3.11. The molecule has 1 unspecified atom stereocenters. The van der Waals surface area contributed by atoms with Gasteiger partial charge in [0.2, 0.25) is 0 Å². The van der Waals surface area contributed by atoms with Gasteiger partial charge in [0.1, 0.15) is 5.60 Å². The third-order valence-corrected chi connectivity index (χ3v) is 4.79. The van der Waals surface area contributed by atoms with Gasteiger partial charge in [-0.25, -0.2) is 0 Å². The molecule has 1 aliphatic carbocycles. The summed E-state index contributed by atoms with van der Waals surface area (Å²) in [6, 6.07) is 19.1. The Morgan fingerprint density at radius 1 is 0.923 bits per heavy atom. The highest BCUT2D eigenvalue weighted by Gasteiger charge is 2.45. The molecule has 0 aliphatic heterocycles. The second-order valence-corrected chi connectivity index (χ2v) is 6.74. The predicted molar refractivity (Wildman–Crippen MR) is 99.2 cm³/mol. The van der Waals surface area contributed by atoms with Crippen LogP contribution in [0.4, 0.5) is 0 Å². The summed E-state index contributed by atoms with van der Waals surface area (Å²) in [6.07, 6.45) is 2.50. The first-order valence-corrected chi connectivity index (χ1v) is 8.97. The first kappa shape index (κ1) is 18.1. The average Bonchev–Trinajstić information content (AvgIpc) is 3.53. The van der Waals surface area contributed by atoms with E-state index in [9.17, 15) is 14.7 Å². The molecule has 5 heteroatoms. The number of amides is 2. The van der Waals surface area contributed by atoms with Crippen LogP contribution in [0.25, 0.3) is 0 Å². The zero-order valence-electron chi connectivity index (χ0n) is 14.7. The first-order chi connectivity index (χ1) is 12.6. The fraction of sp³-hybridized carbons (Fsp3) is 0.333. The summed E-state index contributed by atoms with van der Waals surface area (Å²) in [5.41, 5.74) is 0.744. The third kappa shape index (κ3) is 4.49. The zero-order valence-corrected chi connectivity index (χ0v) is 14.7. The van der Waals surface area contributed by atoms with Crippen molar-refractivity contribution in [1.29, 1.82) is 0 Å². The molecule has 0 heterocycles. The highest BCUT2D eigenvalue weighted by Crippen LogP contribution is 2.45. The molecule has 0 aromatic heterocycles. The molecular weight excluding hydrogens is 328 g/mol. The highest BCUT2D eigenvalue weighted by molar-refractivity contribution is 6.35. The molecule has 26 heavy (non-hydrogen) atoms. The minimum absolute atomic E-state index is 0.0343. The van der Waals surface area contributed by atoms with Crippen LogP contribution in [0.15, 0.2) is 60.7 Å². The summed E-state index contributed by atoms with van der Waals surface area (Å²) in [6.45, 7) is 0.425. The molecule has 2 amide bonds. The number of carbonyl (C=O) groups excluding carboxylic acids is 2. The van der Waals surface area contributed by atoms with Crippen molar-refractivity contribution in [3.05, 3.63) is 71.8 Å². The molecule has 2 aromatic carbocycles. The van der Waals surface area contributed by atoms with E-state index in [0.29, 0.717) is 13.0 Å². The van der Waals surface area contributed by atoms with Crippen molar-refractivity contribution in [2.75, 3.05) is 13.1 Å². The lowest BCUT2D eigenvalue weighted by Gasteiger charge is -2.29. The number of hydrogen-bond acceptors (Lipinski definition) is 3. The van der Waals surface area contributed by atoms with Crippen LogP contribution < -0.4 is 10.6 Å². The third-order valence-electron chi connectivity index (χ3n) is 4.79. The maximum atomic E-state index is 12.1. The van der Waals surface area contributed by atoms with E-state index in [-0.39, 0.29) is 12.5 Å². The van der Waals surface area contributed by atoms with Crippen molar-refractivity contribution in [3.63, 3.8) is 0 Å². The van der Waals surface area contributed by atoms with Crippen molar-refractivity contribution in [1.82, 2.24) is 10.6 Å². The van der Waals surface area contributed by atoms with E-state index >= 15 is 0 Å². The van der Waals surface area contributed by atoms with Crippen LogP contribution >= 0.6 is 0 Å². The standard InChI is InChI=1S/C21H24N2O3/c24-19(22-14-13-16-7-3-1-4-8-16)20(25)23-15-21(26,18-11-12-18)17-9-5-2-6-10-17/h1-10,18,26H,11-15H2,(H,22,24)(H,23,25). The van der Waals surface area contributed by atoms with Crippen molar-refractivity contribution in [2.24, 2.45) is 5.92 Å². The summed E-state index contributed by atoms with van der Waals surface area (Å²) < 4.78 is 0. The zero-order chi connectivity index (χ0) is 18.4. The fourth-order valence-corrected chi connectivity index (χ4v) is 3.11. The summed E-state index contributed by atoms with van der Waals surface area (Å²) in [7, 11) is 0. The lowest BCUT2D eigenvalue weighted by Crippen LogP contribution is -2.47. The Morgan fingerprint density at radius 3 is 2.12 bits per heavy atom. The van der Waals surface area contributed by atoms with E-state index in [1.807, 2.05) is 60.7 Å². The smallest absolute Gasteiger partial charge is 0.309 e. The molecule has 136 valence electrons. The molecule has 0 bridgehead atoms. The molecule has 3 N–H and O–H groups in total. The lowest BCUT2D eigenvalue weighted by atomic mass is 9.88. The van der Waals surface area contributed by atoms with E-state index in [2.05, 4.69) is 10.6 Å². The van der Waals surface area contributed by atoms with Gasteiger partial charge >= 0.3 is 11.8 Å². The number of nitrogens with one attached hydrogen (secondary N) is 2. The molecule has 3 rings (SSSR count). The van der Waals surface area contributed by atoms with Crippen molar-refractivity contribution in [2.45, 2.75) is 24.9 Å². The molecule has 1 fully saturated rings. The van der Waals surface area contributed by atoms with Gasteiger partial charge in [-0.15, -0.1) is 0 Å². The van der Waals surface area contributed by atoms with Crippen LogP contribution in [-0.2, 0) is 21.6 Å². The number of rotatable bonds is 7. The Labute approximate surface area is 153 Å². The molecule has 2 aromatic rings. The van der Waals surface area contributed by atoms with Gasteiger partial charge in [-0.3, -0.25) is 9.59 Å². The van der Waals surface area contributed by atoms with Gasteiger partial charge in [0.15, 0.2) is 0 Å². The lowest BCUT2D eigenvalue weighted by molar-refractivity contribution is -0.140. The van der Waals surface area contributed by atoms with Gasteiger partial charge in [0.05, 0.1) is 6.54 Å². The van der Waals surface area contributed by atoms with Gasteiger partial charge in [0.25, 0.3) is 0 Å². The molecule has 5 nitrogen and oxygen atoms in total. The summed E-state index contributed by atoms with van der Waals surface area (Å²) in [5, 5.41) is 16.2. The Balaban J connectivity index is 1.50. The second-order valence-electron chi connectivity index (χ2n) is 6.74. The molecular formula is C21H24N2O3. The number of carbonyl (C=O) groups is 2. The number of aliphatic hydroxyl groups is 1. The molecule has 1 aliphatic rings. The van der Waals surface area contributed by atoms with Crippen molar-refractivity contribution >= 4 is 11.8 Å². The van der Waals surface area contributed by atoms with Gasteiger partial charge in [0, 0.05) is 6.54 Å². The summed E-state index contributed by atoms with van der Waals surface area (Å²) in [5.74, 6) is -1.27.